The fourth-order valence-electron chi connectivity index (χ4n) is 3.44. The van der Waals surface area contributed by atoms with E-state index < -0.39 is 9.84 Å². The predicted molar refractivity (Wildman–Crippen MR) is 111 cm³/mol. The normalized spacial score (nSPS) is 17.5. The number of hydrogen-bond acceptors (Lipinski definition) is 5. The van der Waals surface area contributed by atoms with Crippen molar-refractivity contribution in [3.63, 3.8) is 0 Å². The molecule has 3 aromatic rings. The van der Waals surface area contributed by atoms with Gasteiger partial charge in [-0.05, 0) is 31.2 Å². The Balaban J connectivity index is 0.00000210. The molecule has 27 heavy (non-hydrogen) atoms. The van der Waals surface area contributed by atoms with Gasteiger partial charge in [0.15, 0.2) is 0 Å². The molecule has 0 bridgehead atoms. The summed E-state index contributed by atoms with van der Waals surface area (Å²) < 4.78 is 25.7. The van der Waals surface area contributed by atoms with Crippen LogP contribution in [0.4, 0.5) is 5.69 Å². The molecular formula is C20H22ClN3O2S. The number of nitrogens with one attached hydrogen (secondary N) is 1. The summed E-state index contributed by atoms with van der Waals surface area (Å²) in [6, 6.07) is 16.5. The van der Waals surface area contributed by atoms with Crippen molar-refractivity contribution >= 4 is 38.8 Å². The molecule has 1 atom stereocenters. The van der Waals surface area contributed by atoms with Crippen molar-refractivity contribution in [3.05, 3.63) is 60.8 Å². The van der Waals surface area contributed by atoms with Crippen LogP contribution in [0.3, 0.4) is 0 Å². The van der Waals surface area contributed by atoms with E-state index >= 15 is 0 Å². The van der Waals surface area contributed by atoms with Crippen molar-refractivity contribution < 1.29 is 8.42 Å². The van der Waals surface area contributed by atoms with E-state index in [1.54, 1.807) is 36.4 Å². The van der Waals surface area contributed by atoms with Crippen molar-refractivity contribution in [1.29, 1.82) is 0 Å². The molecule has 4 rings (SSSR count). The molecule has 0 saturated carbocycles. The van der Waals surface area contributed by atoms with E-state index in [1.807, 2.05) is 12.1 Å². The van der Waals surface area contributed by atoms with Crippen LogP contribution in [0.5, 0.6) is 0 Å². The number of sulfone groups is 1. The third-order valence-corrected chi connectivity index (χ3v) is 6.58. The number of halogens is 1. The number of aromatic nitrogens is 1. The van der Waals surface area contributed by atoms with Gasteiger partial charge in [-0.3, -0.25) is 4.98 Å². The van der Waals surface area contributed by atoms with Gasteiger partial charge in [-0.25, -0.2) is 8.42 Å². The average Bonchev–Trinajstić information content (AvgIpc) is 2.68. The molecule has 1 N–H and O–H groups in total. The highest BCUT2D eigenvalue weighted by Crippen LogP contribution is 2.30. The molecule has 5 nitrogen and oxygen atoms in total. The highest BCUT2D eigenvalue weighted by molar-refractivity contribution is 7.91. The minimum Gasteiger partial charge on any atom is -0.365 e. The summed E-state index contributed by atoms with van der Waals surface area (Å²) in [5.41, 5.74) is 1.90. The number of pyridine rings is 1. The Morgan fingerprint density at radius 1 is 1.07 bits per heavy atom. The maximum absolute atomic E-state index is 12.9. The molecule has 2 heterocycles. The highest BCUT2D eigenvalue weighted by atomic mass is 35.5. The lowest BCUT2D eigenvalue weighted by Gasteiger charge is -2.36. The van der Waals surface area contributed by atoms with Gasteiger partial charge < -0.3 is 10.2 Å². The smallest absolute Gasteiger partial charge is 0.208 e. The Bertz CT molecular complexity index is 1040. The largest absolute Gasteiger partial charge is 0.365 e. The van der Waals surface area contributed by atoms with Crippen molar-refractivity contribution in [1.82, 2.24) is 10.3 Å². The van der Waals surface area contributed by atoms with Crippen molar-refractivity contribution in [2.45, 2.75) is 22.8 Å². The number of fused-ring (bicyclic) bond motifs is 1. The predicted octanol–water partition coefficient (Wildman–Crippen LogP) is 3.29. The van der Waals surface area contributed by atoms with Gasteiger partial charge in [0.25, 0.3) is 0 Å². The molecule has 1 aliphatic heterocycles. The zero-order valence-electron chi connectivity index (χ0n) is 15.0. The Hall–Kier alpha value is -2.15. The van der Waals surface area contributed by atoms with E-state index in [4.69, 9.17) is 0 Å². The van der Waals surface area contributed by atoms with Crippen molar-refractivity contribution in [2.24, 2.45) is 0 Å². The minimum atomic E-state index is -3.57. The summed E-state index contributed by atoms with van der Waals surface area (Å²) in [6.45, 7) is 4.95. The number of hydrogen-bond donors (Lipinski definition) is 1. The van der Waals surface area contributed by atoms with E-state index in [2.05, 4.69) is 28.2 Å². The van der Waals surface area contributed by atoms with Crippen LogP contribution in [0.1, 0.15) is 6.92 Å². The molecule has 1 saturated heterocycles. The van der Waals surface area contributed by atoms with Crippen LogP contribution in [-0.4, -0.2) is 39.1 Å². The van der Waals surface area contributed by atoms with Crippen LogP contribution in [-0.2, 0) is 9.84 Å². The van der Waals surface area contributed by atoms with Crippen LogP contribution in [0, 0.1) is 0 Å². The maximum atomic E-state index is 12.9. The SMILES string of the molecule is C[C@H]1CNCCN1c1cccc2cc(S(=O)(=O)c3ccccc3)cnc12.Cl. The zero-order valence-corrected chi connectivity index (χ0v) is 16.6. The maximum Gasteiger partial charge on any atom is 0.208 e. The first-order valence-electron chi connectivity index (χ1n) is 8.73. The number of para-hydroxylation sites is 1. The number of anilines is 1. The van der Waals surface area contributed by atoms with Gasteiger partial charge in [-0.1, -0.05) is 30.3 Å². The lowest BCUT2D eigenvalue weighted by atomic mass is 10.1. The summed E-state index contributed by atoms with van der Waals surface area (Å²) in [6.07, 6.45) is 1.47. The number of piperazine rings is 1. The molecule has 2 aromatic carbocycles. The Morgan fingerprint density at radius 2 is 1.85 bits per heavy atom. The highest BCUT2D eigenvalue weighted by Gasteiger charge is 2.22. The van der Waals surface area contributed by atoms with Gasteiger partial charge in [0.05, 0.1) is 21.0 Å². The van der Waals surface area contributed by atoms with Crippen molar-refractivity contribution in [3.8, 4) is 0 Å². The zero-order chi connectivity index (χ0) is 18.1. The van der Waals surface area contributed by atoms with E-state index in [0.717, 1.165) is 36.2 Å². The first kappa shape index (κ1) is 19.6. The Kier molecular flexibility index (Phi) is 5.69. The van der Waals surface area contributed by atoms with Crippen LogP contribution >= 0.6 is 12.4 Å². The molecule has 1 aromatic heterocycles. The quantitative estimate of drug-likeness (QED) is 0.727. The molecule has 0 aliphatic carbocycles. The van der Waals surface area contributed by atoms with Crippen LogP contribution in [0.15, 0.2) is 70.6 Å². The number of benzene rings is 2. The molecule has 142 valence electrons. The number of nitrogens with zero attached hydrogens (tertiary/aromatic N) is 2. The van der Waals surface area contributed by atoms with E-state index in [9.17, 15) is 8.42 Å². The second-order valence-corrected chi connectivity index (χ2v) is 8.53. The van der Waals surface area contributed by atoms with Gasteiger partial charge in [0.2, 0.25) is 9.84 Å². The second-order valence-electron chi connectivity index (χ2n) is 6.58. The third kappa shape index (κ3) is 3.65. The van der Waals surface area contributed by atoms with E-state index in [0.29, 0.717) is 6.04 Å². The lowest BCUT2D eigenvalue weighted by Crippen LogP contribution is -2.50. The molecule has 0 unspecified atom stereocenters. The summed E-state index contributed by atoms with van der Waals surface area (Å²) in [4.78, 5) is 7.38. The first-order chi connectivity index (χ1) is 12.6. The van der Waals surface area contributed by atoms with Crippen LogP contribution < -0.4 is 10.2 Å². The summed E-state index contributed by atoms with van der Waals surface area (Å²) >= 11 is 0. The first-order valence-corrected chi connectivity index (χ1v) is 10.2. The lowest BCUT2D eigenvalue weighted by molar-refractivity contribution is 0.501. The molecular weight excluding hydrogens is 382 g/mol. The minimum absolute atomic E-state index is 0. The average molecular weight is 404 g/mol. The number of rotatable bonds is 3. The van der Waals surface area contributed by atoms with Gasteiger partial charge in [0, 0.05) is 37.3 Å². The van der Waals surface area contributed by atoms with E-state index in [1.165, 1.54) is 6.20 Å². The molecule has 0 spiro atoms. The second kappa shape index (κ2) is 7.84. The molecule has 0 radical (unpaired) electrons. The fraction of sp³-hybridized carbons (Fsp3) is 0.250. The molecule has 1 aliphatic rings. The van der Waals surface area contributed by atoms with Crippen LogP contribution in [0.2, 0.25) is 0 Å². The third-order valence-electron chi connectivity index (χ3n) is 4.84. The fourth-order valence-corrected chi connectivity index (χ4v) is 4.70. The summed E-state index contributed by atoms with van der Waals surface area (Å²) in [5, 5.41) is 4.23. The van der Waals surface area contributed by atoms with E-state index in [-0.39, 0.29) is 22.2 Å². The van der Waals surface area contributed by atoms with Crippen LogP contribution in [0.25, 0.3) is 10.9 Å². The standard InChI is InChI=1S/C20H21N3O2S.ClH/c1-15-13-21-10-11-23(15)19-9-5-6-16-12-18(14-22-20(16)19)26(24,25)17-7-3-2-4-8-17;/h2-9,12,14-15,21H,10-11,13H2,1H3;1H/t15-;/m0./s1. The summed E-state index contributed by atoms with van der Waals surface area (Å²) in [5.74, 6) is 0. The van der Waals surface area contributed by atoms with Crippen molar-refractivity contribution in [2.75, 3.05) is 24.5 Å². The summed E-state index contributed by atoms with van der Waals surface area (Å²) in [7, 11) is -3.57. The molecule has 7 heteroatoms. The molecule has 1 fully saturated rings. The van der Waals surface area contributed by atoms with Gasteiger partial charge in [-0.2, -0.15) is 0 Å². The topological polar surface area (TPSA) is 62.3 Å². The molecule has 0 amide bonds. The van der Waals surface area contributed by atoms with Gasteiger partial charge in [0.1, 0.15) is 0 Å². The Labute approximate surface area is 165 Å². The Morgan fingerprint density at radius 3 is 2.59 bits per heavy atom. The van der Waals surface area contributed by atoms with Gasteiger partial charge in [-0.15, -0.1) is 12.4 Å². The monoisotopic (exact) mass is 403 g/mol. The van der Waals surface area contributed by atoms with Gasteiger partial charge >= 0.3 is 0 Å².